The smallest absolute Gasteiger partial charge is 0.265 e. The van der Waals surface area contributed by atoms with Gasteiger partial charge in [0.1, 0.15) is 5.75 Å². The highest BCUT2D eigenvalue weighted by Crippen LogP contribution is 2.32. The van der Waals surface area contributed by atoms with Gasteiger partial charge < -0.3 is 10.1 Å². The molecule has 0 unspecified atom stereocenters. The lowest BCUT2D eigenvalue weighted by Crippen LogP contribution is -2.10. The van der Waals surface area contributed by atoms with Crippen LogP contribution in [-0.2, 0) is 12.8 Å². The third-order valence-electron chi connectivity index (χ3n) is 3.98. The molecule has 1 aliphatic carbocycles. The maximum absolute atomic E-state index is 12.4. The van der Waals surface area contributed by atoms with Crippen molar-refractivity contribution in [1.29, 1.82) is 0 Å². The molecule has 0 fully saturated rings. The van der Waals surface area contributed by atoms with Crippen LogP contribution in [0.4, 0.5) is 5.69 Å². The minimum Gasteiger partial charge on any atom is -0.494 e. The number of thiophene rings is 1. The Morgan fingerprint density at radius 3 is 2.86 bits per heavy atom. The normalized spacial score (nSPS) is 16.9. The first kappa shape index (κ1) is 15.1. The lowest BCUT2D eigenvalue weighted by molar-refractivity contribution is 0.103. The van der Waals surface area contributed by atoms with E-state index >= 15 is 0 Å². The summed E-state index contributed by atoms with van der Waals surface area (Å²) in [5.41, 5.74) is 2.16. The van der Waals surface area contributed by atoms with E-state index in [9.17, 15) is 4.79 Å². The molecule has 1 N–H and O–H groups in total. The molecular weight excluding hydrogens is 294 g/mol. The van der Waals surface area contributed by atoms with Gasteiger partial charge in [-0.3, -0.25) is 4.79 Å². The van der Waals surface area contributed by atoms with E-state index in [1.54, 1.807) is 11.3 Å². The molecule has 2 aromatic rings. The summed E-state index contributed by atoms with van der Waals surface area (Å²) in [6.45, 7) is 4.88. The molecule has 1 amide bonds. The molecule has 3 nitrogen and oxygen atoms in total. The summed E-state index contributed by atoms with van der Waals surface area (Å²) in [4.78, 5) is 14.6. The quantitative estimate of drug-likeness (QED) is 0.900. The number of hydrogen-bond donors (Lipinski definition) is 1. The Kier molecular flexibility index (Phi) is 4.48. The van der Waals surface area contributed by atoms with Crippen molar-refractivity contribution in [3.8, 4) is 5.75 Å². The van der Waals surface area contributed by atoms with Crippen molar-refractivity contribution in [3.63, 3.8) is 0 Å². The first-order chi connectivity index (χ1) is 10.7. The first-order valence-corrected chi connectivity index (χ1v) is 8.63. The average molecular weight is 315 g/mol. The lowest BCUT2D eigenvalue weighted by atomic mass is 9.90. The van der Waals surface area contributed by atoms with Gasteiger partial charge in [-0.05, 0) is 68.0 Å². The van der Waals surface area contributed by atoms with E-state index in [2.05, 4.69) is 18.3 Å². The van der Waals surface area contributed by atoms with Crippen molar-refractivity contribution in [2.24, 2.45) is 5.92 Å². The molecule has 3 rings (SSSR count). The van der Waals surface area contributed by atoms with Gasteiger partial charge in [0.15, 0.2) is 0 Å². The maximum Gasteiger partial charge on any atom is 0.265 e. The number of benzene rings is 1. The summed E-state index contributed by atoms with van der Waals surface area (Å²) in [7, 11) is 0. The van der Waals surface area contributed by atoms with Gasteiger partial charge in [0.2, 0.25) is 0 Å². The number of ether oxygens (including phenoxy) is 1. The summed E-state index contributed by atoms with van der Waals surface area (Å²) >= 11 is 1.64. The van der Waals surface area contributed by atoms with Gasteiger partial charge in [-0.25, -0.2) is 0 Å². The van der Waals surface area contributed by atoms with Crippen LogP contribution in [0.2, 0.25) is 0 Å². The number of hydrogen-bond acceptors (Lipinski definition) is 3. The van der Waals surface area contributed by atoms with E-state index in [1.165, 1.54) is 16.9 Å². The van der Waals surface area contributed by atoms with Gasteiger partial charge in [-0.15, -0.1) is 11.3 Å². The van der Waals surface area contributed by atoms with E-state index in [4.69, 9.17) is 4.74 Å². The van der Waals surface area contributed by atoms with Crippen molar-refractivity contribution >= 4 is 22.9 Å². The Bertz CT molecular complexity index is 660. The zero-order chi connectivity index (χ0) is 15.5. The van der Waals surface area contributed by atoms with Gasteiger partial charge in [0, 0.05) is 10.6 Å². The van der Waals surface area contributed by atoms with E-state index in [0.717, 1.165) is 35.1 Å². The summed E-state index contributed by atoms with van der Waals surface area (Å²) in [6, 6.07) is 9.57. The highest BCUT2D eigenvalue weighted by Gasteiger charge is 2.20. The first-order valence-electron chi connectivity index (χ1n) is 7.81. The fourth-order valence-electron chi connectivity index (χ4n) is 2.81. The molecule has 1 aromatic heterocycles. The molecule has 116 valence electrons. The molecule has 0 radical (unpaired) electrons. The molecule has 4 heteroatoms. The van der Waals surface area contributed by atoms with Gasteiger partial charge in [0.05, 0.1) is 11.5 Å². The molecule has 1 atom stereocenters. The van der Waals surface area contributed by atoms with E-state index in [1.807, 2.05) is 31.2 Å². The molecule has 22 heavy (non-hydrogen) atoms. The Balaban J connectivity index is 1.69. The van der Waals surface area contributed by atoms with Crippen LogP contribution < -0.4 is 10.1 Å². The number of fused-ring (bicyclic) bond motifs is 1. The number of anilines is 1. The molecule has 0 spiro atoms. The number of aryl methyl sites for hydroxylation is 1. The summed E-state index contributed by atoms with van der Waals surface area (Å²) < 4.78 is 5.40. The monoisotopic (exact) mass is 315 g/mol. The number of carbonyl (C=O) groups excluding carboxylic acids is 1. The van der Waals surface area contributed by atoms with Crippen molar-refractivity contribution in [2.75, 3.05) is 11.9 Å². The number of nitrogens with one attached hydrogen (secondary N) is 1. The summed E-state index contributed by atoms with van der Waals surface area (Å²) in [5.74, 6) is 1.53. The lowest BCUT2D eigenvalue weighted by Gasteiger charge is -2.16. The van der Waals surface area contributed by atoms with E-state index in [0.29, 0.717) is 6.61 Å². The molecular formula is C18H21NO2S. The van der Waals surface area contributed by atoms with Gasteiger partial charge in [-0.1, -0.05) is 6.92 Å². The Hall–Kier alpha value is -1.81. The highest BCUT2D eigenvalue weighted by molar-refractivity contribution is 7.14. The number of rotatable bonds is 4. The second-order valence-corrected chi connectivity index (χ2v) is 6.96. The third kappa shape index (κ3) is 3.33. The molecule has 1 aliphatic rings. The highest BCUT2D eigenvalue weighted by atomic mass is 32.1. The van der Waals surface area contributed by atoms with Crippen LogP contribution in [0.1, 0.15) is 40.4 Å². The zero-order valence-electron chi connectivity index (χ0n) is 13.0. The number of amides is 1. The molecule has 0 bridgehead atoms. The van der Waals surface area contributed by atoms with Crippen LogP contribution >= 0.6 is 11.3 Å². The minimum absolute atomic E-state index is 0.0174. The average Bonchev–Trinajstić information content (AvgIpc) is 2.92. The van der Waals surface area contributed by atoms with Crippen LogP contribution in [0.3, 0.4) is 0 Å². The topological polar surface area (TPSA) is 38.3 Å². The zero-order valence-corrected chi connectivity index (χ0v) is 13.8. The molecule has 0 saturated carbocycles. The van der Waals surface area contributed by atoms with Crippen molar-refractivity contribution < 1.29 is 9.53 Å². The summed E-state index contributed by atoms with van der Waals surface area (Å²) in [6.07, 6.45) is 3.44. The standard InChI is InChI=1S/C18H21NO2S/c1-3-21-15-7-5-14(6-8-15)19-18(20)17-11-13-10-12(2)4-9-16(13)22-17/h5-8,11-12H,3-4,9-10H2,1-2H3,(H,19,20)/t12-/m1/s1. The fourth-order valence-corrected chi connectivity index (χ4v) is 3.92. The Labute approximate surface area is 135 Å². The van der Waals surface area contributed by atoms with Crippen LogP contribution in [0.15, 0.2) is 30.3 Å². The van der Waals surface area contributed by atoms with Gasteiger partial charge in [0.25, 0.3) is 5.91 Å². The molecule has 0 aliphatic heterocycles. The van der Waals surface area contributed by atoms with E-state index in [-0.39, 0.29) is 5.91 Å². The predicted molar refractivity (Wildman–Crippen MR) is 91.1 cm³/mol. The van der Waals surface area contributed by atoms with Crippen molar-refractivity contribution in [3.05, 3.63) is 45.6 Å². The number of carbonyl (C=O) groups is 1. The Morgan fingerprint density at radius 1 is 1.36 bits per heavy atom. The van der Waals surface area contributed by atoms with Crippen LogP contribution in [0.5, 0.6) is 5.75 Å². The Morgan fingerprint density at radius 2 is 2.14 bits per heavy atom. The van der Waals surface area contributed by atoms with Crippen molar-refractivity contribution in [2.45, 2.75) is 33.1 Å². The van der Waals surface area contributed by atoms with E-state index < -0.39 is 0 Å². The van der Waals surface area contributed by atoms with Crippen LogP contribution in [-0.4, -0.2) is 12.5 Å². The minimum atomic E-state index is -0.0174. The molecule has 1 heterocycles. The van der Waals surface area contributed by atoms with Crippen molar-refractivity contribution in [1.82, 2.24) is 0 Å². The van der Waals surface area contributed by atoms with Gasteiger partial charge in [-0.2, -0.15) is 0 Å². The summed E-state index contributed by atoms with van der Waals surface area (Å²) in [5, 5.41) is 2.96. The van der Waals surface area contributed by atoms with Crippen LogP contribution in [0.25, 0.3) is 0 Å². The molecule has 0 saturated heterocycles. The van der Waals surface area contributed by atoms with Crippen LogP contribution in [0, 0.1) is 5.92 Å². The predicted octanol–water partition coefficient (Wildman–Crippen LogP) is 4.52. The second-order valence-electron chi connectivity index (χ2n) is 5.82. The fraction of sp³-hybridized carbons (Fsp3) is 0.389. The maximum atomic E-state index is 12.4. The largest absolute Gasteiger partial charge is 0.494 e. The van der Waals surface area contributed by atoms with Gasteiger partial charge >= 0.3 is 0 Å². The second kappa shape index (κ2) is 6.53. The SMILES string of the molecule is CCOc1ccc(NC(=O)c2cc3c(s2)CC[C@@H](C)C3)cc1. The third-order valence-corrected chi connectivity index (χ3v) is 5.21. The molecule has 1 aromatic carbocycles.